The second-order valence-electron chi connectivity index (χ2n) is 7.89. The summed E-state index contributed by atoms with van der Waals surface area (Å²) in [4.78, 5) is 14.0. The zero-order valence-electron chi connectivity index (χ0n) is 16.9. The maximum atomic E-state index is 11.8. The monoisotopic (exact) mass is 379 g/mol. The molecule has 0 spiro atoms. The fourth-order valence-corrected chi connectivity index (χ4v) is 4.20. The van der Waals surface area contributed by atoms with Gasteiger partial charge in [0.15, 0.2) is 0 Å². The number of aromatic hydroxyl groups is 1. The van der Waals surface area contributed by atoms with Crippen LogP contribution in [0.5, 0.6) is 5.75 Å². The molecule has 148 valence electrons. The molecule has 1 fully saturated rings. The van der Waals surface area contributed by atoms with Crippen molar-refractivity contribution >= 4 is 12.0 Å². The fourth-order valence-electron chi connectivity index (χ4n) is 4.20. The Morgan fingerprint density at radius 2 is 2.00 bits per heavy atom. The Bertz CT molecular complexity index is 856. The van der Waals surface area contributed by atoms with Crippen molar-refractivity contribution in [2.45, 2.75) is 25.2 Å². The zero-order valence-corrected chi connectivity index (χ0v) is 16.9. The number of rotatable bonds is 5. The molecule has 2 aromatic rings. The van der Waals surface area contributed by atoms with E-state index in [1.54, 1.807) is 12.1 Å². The average molecular weight is 380 g/mol. The Balaban J connectivity index is 1.86. The molecule has 1 aliphatic carbocycles. The molecule has 4 heteroatoms. The smallest absolute Gasteiger partial charge is 0.337 e. The van der Waals surface area contributed by atoms with E-state index in [0.29, 0.717) is 23.1 Å². The van der Waals surface area contributed by atoms with Gasteiger partial charge in [0.2, 0.25) is 0 Å². The summed E-state index contributed by atoms with van der Waals surface area (Å²) in [6, 6.07) is 15.2. The maximum absolute atomic E-state index is 11.8. The number of ether oxygens (including phenoxy) is 1. The van der Waals surface area contributed by atoms with Crippen LogP contribution in [0, 0.1) is 5.92 Å². The molecular weight excluding hydrogens is 350 g/mol. The third kappa shape index (κ3) is 5.02. The Morgan fingerprint density at radius 1 is 1.21 bits per heavy atom. The number of hydrogen-bond donors (Lipinski definition) is 1. The third-order valence-corrected chi connectivity index (χ3v) is 5.46. The van der Waals surface area contributed by atoms with E-state index in [1.165, 1.54) is 18.2 Å². The molecule has 0 aromatic heterocycles. The van der Waals surface area contributed by atoms with Gasteiger partial charge < -0.3 is 14.7 Å². The lowest BCUT2D eigenvalue weighted by molar-refractivity contribution is 0.0600. The summed E-state index contributed by atoms with van der Waals surface area (Å²) in [5, 5.41) is 9.95. The van der Waals surface area contributed by atoms with Crippen LogP contribution in [-0.4, -0.2) is 43.7 Å². The Hall–Kier alpha value is -2.59. The van der Waals surface area contributed by atoms with Gasteiger partial charge in [-0.25, -0.2) is 4.79 Å². The molecule has 0 heterocycles. The molecule has 2 atom stereocenters. The highest BCUT2D eigenvalue weighted by molar-refractivity contribution is 5.90. The fraction of sp³-hybridized carbons (Fsp3) is 0.375. The van der Waals surface area contributed by atoms with Gasteiger partial charge in [-0.2, -0.15) is 0 Å². The van der Waals surface area contributed by atoms with E-state index in [9.17, 15) is 9.90 Å². The minimum absolute atomic E-state index is 0.312. The highest BCUT2D eigenvalue weighted by Gasteiger charge is 2.29. The number of phenolic OH excluding ortho intramolecular Hbond substituents is 1. The largest absolute Gasteiger partial charge is 0.508 e. The molecule has 0 aliphatic heterocycles. The molecule has 0 bridgehead atoms. The van der Waals surface area contributed by atoms with E-state index in [1.807, 2.05) is 30.3 Å². The molecule has 0 radical (unpaired) electrons. The lowest BCUT2D eigenvalue weighted by Crippen LogP contribution is -2.29. The average Bonchev–Trinajstić information content (AvgIpc) is 2.68. The van der Waals surface area contributed by atoms with Crippen LogP contribution in [0.4, 0.5) is 0 Å². The number of carbonyl (C=O) groups excluding carboxylic acids is 1. The van der Waals surface area contributed by atoms with Gasteiger partial charge in [0.1, 0.15) is 5.75 Å². The molecule has 4 nitrogen and oxygen atoms in total. The molecule has 1 N–H and O–H groups in total. The van der Waals surface area contributed by atoms with Crippen molar-refractivity contribution < 1.29 is 14.6 Å². The number of hydrogen-bond acceptors (Lipinski definition) is 4. The van der Waals surface area contributed by atoms with Gasteiger partial charge in [-0.15, -0.1) is 0 Å². The van der Waals surface area contributed by atoms with Crippen molar-refractivity contribution in [3.8, 4) is 5.75 Å². The molecule has 1 saturated carbocycles. The number of carbonyl (C=O) groups is 1. The lowest BCUT2D eigenvalue weighted by Gasteiger charge is -2.35. The van der Waals surface area contributed by atoms with Gasteiger partial charge in [-0.3, -0.25) is 0 Å². The first-order valence-corrected chi connectivity index (χ1v) is 9.77. The van der Waals surface area contributed by atoms with Gasteiger partial charge in [0, 0.05) is 6.54 Å². The van der Waals surface area contributed by atoms with E-state index in [0.717, 1.165) is 31.4 Å². The summed E-state index contributed by atoms with van der Waals surface area (Å²) in [5.74, 6) is 0.934. The van der Waals surface area contributed by atoms with Gasteiger partial charge in [-0.05, 0) is 80.6 Å². The van der Waals surface area contributed by atoms with Crippen molar-refractivity contribution in [2.24, 2.45) is 5.92 Å². The van der Waals surface area contributed by atoms with Gasteiger partial charge in [0.05, 0.1) is 12.7 Å². The molecule has 0 saturated heterocycles. The van der Waals surface area contributed by atoms with E-state index in [2.05, 4.69) is 31.1 Å². The van der Waals surface area contributed by atoms with Crippen molar-refractivity contribution in [3.63, 3.8) is 0 Å². The summed E-state index contributed by atoms with van der Waals surface area (Å²) >= 11 is 0. The highest BCUT2D eigenvalue weighted by Crippen LogP contribution is 2.42. The predicted molar refractivity (Wildman–Crippen MR) is 113 cm³/mol. The number of esters is 1. The summed E-state index contributed by atoms with van der Waals surface area (Å²) in [6.07, 6.45) is 5.33. The van der Waals surface area contributed by atoms with Crippen molar-refractivity contribution in [2.75, 3.05) is 27.7 Å². The molecule has 0 amide bonds. The van der Waals surface area contributed by atoms with Gasteiger partial charge >= 0.3 is 5.97 Å². The summed E-state index contributed by atoms with van der Waals surface area (Å²) in [7, 11) is 5.63. The van der Waals surface area contributed by atoms with Crippen LogP contribution in [0.15, 0.2) is 54.1 Å². The van der Waals surface area contributed by atoms with Crippen LogP contribution in [0.2, 0.25) is 0 Å². The SMILES string of the molecule is COC(=O)c1cccc(/C=C2\CC[C@H](CN(C)C)C(c3cccc(O)c3)C2)c1. The zero-order chi connectivity index (χ0) is 20.1. The summed E-state index contributed by atoms with van der Waals surface area (Å²) < 4.78 is 4.83. The summed E-state index contributed by atoms with van der Waals surface area (Å²) in [5.41, 5.74) is 4.17. The first kappa shape index (κ1) is 20.2. The van der Waals surface area contributed by atoms with E-state index >= 15 is 0 Å². The van der Waals surface area contributed by atoms with Crippen molar-refractivity contribution in [3.05, 3.63) is 70.8 Å². The summed E-state index contributed by atoms with van der Waals surface area (Å²) in [6.45, 7) is 1.03. The van der Waals surface area contributed by atoms with Gasteiger partial charge in [0.25, 0.3) is 0 Å². The van der Waals surface area contributed by atoms with Crippen LogP contribution in [0.3, 0.4) is 0 Å². The number of phenols is 1. The van der Waals surface area contributed by atoms with Gasteiger partial charge in [-0.1, -0.05) is 35.9 Å². The molecule has 1 unspecified atom stereocenters. The van der Waals surface area contributed by atoms with Crippen LogP contribution in [0.25, 0.3) is 6.08 Å². The third-order valence-electron chi connectivity index (χ3n) is 5.46. The normalized spacial score (nSPS) is 21.1. The minimum Gasteiger partial charge on any atom is -0.508 e. The molecule has 1 aliphatic rings. The number of allylic oxidation sites excluding steroid dienone is 1. The molecule has 3 rings (SSSR count). The quantitative estimate of drug-likeness (QED) is 0.765. The number of nitrogens with zero attached hydrogens (tertiary/aromatic N) is 1. The topological polar surface area (TPSA) is 49.8 Å². The first-order valence-electron chi connectivity index (χ1n) is 9.77. The second-order valence-corrected chi connectivity index (χ2v) is 7.89. The predicted octanol–water partition coefficient (Wildman–Crippen LogP) is 4.71. The van der Waals surface area contributed by atoms with Crippen molar-refractivity contribution in [1.82, 2.24) is 4.90 Å². The number of methoxy groups -OCH3 is 1. The van der Waals surface area contributed by atoms with Crippen LogP contribution in [0.1, 0.15) is 46.7 Å². The molecule has 28 heavy (non-hydrogen) atoms. The minimum atomic E-state index is -0.312. The second kappa shape index (κ2) is 9.07. The highest BCUT2D eigenvalue weighted by atomic mass is 16.5. The Morgan fingerprint density at radius 3 is 2.71 bits per heavy atom. The van der Waals surface area contributed by atoms with E-state index in [-0.39, 0.29) is 5.97 Å². The van der Waals surface area contributed by atoms with E-state index < -0.39 is 0 Å². The Kier molecular flexibility index (Phi) is 6.53. The van der Waals surface area contributed by atoms with Crippen molar-refractivity contribution in [1.29, 1.82) is 0 Å². The number of benzene rings is 2. The maximum Gasteiger partial charge on any atom is 0.337 e. The lowest BCUT2D eigenvalue weighted by atomic mass is 9.73. The van der Waals surface area contributed by atoms with E-state index in [4.69, 9.17) is 4.74 Å². The van der Waals surface area contributed by atoms with Crippen LogP contribution >= 0.6 is 0 Å². The standard InChI is InChI=1S/C24H29NO3/c1-25(2)16-21-11-10-18(14-23(21)19-7-5-9-22(26)15-19)12-17-6-4-8-20(13-17)24(27)28-3/h4-9,12-13,15,21,23,26H,10-11,14,16H2,1-3H3/b18-12+/t21-,23?/m1/s1. The first-order chi connectivity index (χ1) is 13.5. The van der Waals surface area contributed by atoms with Crippen LogP contribution in [-0.2, 0) is 4.74 Å². The van der Waals surface area contributed by atoms with Crippen LogP contribution < -0.4 is 0 Å². The Labute approximate surface area is 167 Å². The molecular formula is C24H29NO3. The molecule has 2 aromatic carbocycles.